The van der Waals surface area contributed by atoms with Crippen molar-refractivity contribution < 1.29 is 4.39 Å². The molecule has 20 heavy (non-hydrogen) atoms. The minimum absolute atomic E-state index is 0.224. The van der Waals surface area contributed by atoms with Crippen molar-refractivity contribution >= 4 is 0 Å². The van der Waals surface area contributed by atoms with E-state index in [0.29, 0.717) is 13.1 Å². The molecule has 0 amide bonds. The molecule has 0 radical (unpaired) electrons. The second-order valence-corrected chi connectivity index (χ2v) is 4.36. The van der Waals surface area contributed by atoms with Crippen LogP contribution < -0.4 is 0 Å². The summed E-state index contributed by atoms with van der Waals surface area (Å²) < 4.78 is 16.1. The standard InChI is InChI=1S/C12H12FN7/c13-11-3-1-10(2-4-11)5-6-19-7-12(15-17-19)8-20-9-14-16-18-20/h1-4,7,9H,5-6,8H2. The van der Waals surface area contributed by atoms with Crippen LogP contribution in [0.1, 0.15) is 11.3 Å². The molecule has 0 atom stereocenters. The third-order valence-corrected chi connectivity index (χ3v) is 2.84. The van der Waals surface area contributed by atoms with Crippen LogP contribution in [0.2, 0.25) is 0 Å². The molecule has 0 spiro atoms. The van der Waals surface area contributed by atoms with Crippen LogP contribution in [0.15, 0.2) is 36.8 Å². The molecule has 1 aromatic carbocycles. The zero-order valence-corrected chi connectivity index (χ0v) is 10.6. The molecule has 0 saturated heterocycles. The van der Waals surface area contributed by atoms with Crippen LogP contribution in [0.25, 0.3) is 0 Å². The fourth-order valence-corrected chi connectivity index (χ4v) is 1.83. The van der Waals surface area contributed by atoms with Crippen LogP contribution in [-0.2, 0) is 19.5 Å². The SMILES string of the molecule is Fc1ccc(CCn2cc(Cn3cnnn3)nn2)cc1. The Hall–Kier alpha value is -2.64. The van der Waals surface area contributed by atoms with Crippen molar-refractivity contribution in [3.8, 4) is 0 Å². The molecule has 0 unspecified atom stereocenters. The Morgan fingerprint density at radius 2 is 1.90 bits per heavy atom. The second-order valence-electron chi connectivity index (χ2n) is 4.36. The first-order valence-electron chi connectivity index (χ1n) is 6.14. The highest BCUT2D eigenvalue weighted by Crippen LogP contribution is 2.05. The summed E-state index contributed by atoms with van der Waals surface area (Å²) in [5.74, 6) is -0.224. The van der Waals surface area contributed by atoms with Gasteiger partial charge in [0.15, 0.2) is 0 Å². The molecule has 0 saturated carbocycles. The van der Waals surface area contributed by atoms with Gasteiger partial charge in [-0.1, -0.05) is 17.3 Å². The zero-order valence-electron chi connectivity index (χ0n) is 10.6. The third-order valence-electron chi connectivity index (χ3n) is 2.84. The van der Waals surface area contributed by atoms with Gasteiger partial charge in [-0.3, -0.25) is 4.68 Å². The summed E-state index contributed by atoms with van der Waals surface area (Å²) >= 11 is 0. The molecular weight excluding hydrogens is 261 g/mol. The predicted octanol–water partition coefficient (Wildman–Crippen LogP) is 0.695. The first-order chi connectivity index (χ1) is 9.79. The molecule has 0 fully saturated rings. The van der Waals surface area contributed by atoms with Gasteiger partial charge in [-0.15, -0.1) is 10.2 Å². The minimum atomic E-state index is -0.224. The highest BCUT2D eigenvalue weighted by molar-refractivity contribution is 5.16. The van der Waals surface area contributed by atoms with Gasteiger partial charge >= 0.3 is 0 Å². The molecule has 0 bridgehead atoms. The fourth-order valence-electron chi connectivity index (χ4n) is 1.83. The average Bonchev–Trinajstić information content (AvgIpc) is 3.11. The van der Waals surface area contributed by atoms with Crippen molar-refractivity contribution in [2.45, 2.75) is 19.5 Å². The molecule has 0 aliphatic carbocycles. The lowest BCUT2D eigenvalue weighted by Gasteiger charge is -2.01. The van der Waals surface area contributed by atoms with Gasteiger partial charge in [-0.25, -0.2) is 9.07 Å². The quantitative estimate of drug-likeness (QED) is 0.684. The number of hydrogen-bond acceptors (Lipinski definition) is 5. The van der Waals surface area contributed by atoms with E-state index < -0.39 is 0 Å². The minimum Gasteiger partial charge on any atom is -0.252 e. The van der Waals surface area contributed by atoms with Crippen LogP contribution >= 0.6 is 0 Å². The Morgan fingerprint density at radius 3 is 2.65 bits per heavy atom. The molecule has 0 N–H and O–H groups in total. The van der Waals surface area contributed by atoms with E-state index in [-0.39, 0.29) is 5.82 Å². The van der Waals surface area contributed by atoms with Gasteiger partial charge in [0.25, 0.3) is 0 Å². The smallest absolute Gasteiger partial charge is 0.138 e. The maximum atomic E-state index is 12.8. The molecule has 2 aromatic heterocycles. The van der Waals surface area contributed by atoms with Gasteiger partial charge in [0.1, 0.15) is 17.8 Å². The van der Waals surface area contributed by atoms with Crippen molar-refractivity contribution in [1.82, 2.24) is 35.2 Å². The lowest BCUT2D eigenvalue weighted by Crippen LogP contribution is -2.02. The van der Waals surface area contributed by atoms with Crippen molar-refractivity contribution in [2.24, 2.45) is 0 Å². The number of nitrogens with zero attached hydrogens (tertiary/aromatic N) is 7. The van der Waals surface area contributed by atoms with Crippen molar-refractivity contribution in [2.75, 3.05) is 0 Å². The second kappa shape index (κ2) is 5.55. The Balaban J connectivity index is 1.58. The molecule has 3 rings (SSSR count). The zero-order chi connectivity index (χ0) is 13.8. The third kappa shape index (κ3) is 3.02. The lowest BCUT2D eigenvalue weighted by molar-refractivity contribution is 0.586. The van der Waals surface area contributed by atoms with Gasteiger partial charge in [-0.05, 0) is 34.5 Å². The van der Waals surface area contributed by atoms with Gasteiger partial charge in [-0.2, -0.15) is 0 Å². The van der Waals surface area contributed by atoms with Crippen LogP contribution in [0.4, 0.5) is 4.39 Å². The summed E-state index contributed by atoms with van der Waals surface area (Å²) in [6.07, 6.45) is 4.15. The molecule has 2 heterocycles. The molecule has 7 nitrogen and oxygen atoms in total. The topological polar surface area (TPSA) is 74.3 Å². The largest absolute Gasteiger partial charge is 0.252 e. The maximum Gasteiger partial charge on any atom is 0.138 e. The number of tetrazole rings is 1. The van der Waals surface area contributed by atoms with Crippen LogP contribution in [0.3, 0.4) is 0 Å². The summed E-state index contributed by atoms with van der Waals surface area (Å²) in [6.45, 7) is 1.18. The Kier molecular flexibility index (Phi) is 3.44. The molecular formula is C12H12FN7. The number of aryl methyl sites for hydroxylation is 2. The van der Waals surface area contributed by atoms with Crippen molar-refractivity contribution in [1.29, 1.82) is 0 Å². The van der Waals surface area contributed by atoms with Crippen molar-refractivity contribution in [3.05, 3.63) is 53.9 Å². The van der Waals surface area contributed by atoms with Gasteiger partial charge in [0, 0.05) is 6.54 Å². The van der Waals surface area contributed by atoms with E-state index in [1.54, 1.807) is 21.5 Å². The Morgan fingerprint density at radius 1 is 1.05 bits per heavy atom. The van der Waals surface area contributed by atoms with E-state index in [9.17, 15) is 4.39 Å². The number of hydrogen-bond donors (Lipinski definition) is 0. The maximum absolute atomic E-state index is 12.8. The number of benzene rings is 1. The summed E-state index contributed by atoms with van der Waals surface area (Å²) in [4.78, 5) is 0. The highest BCUT2D eigenvalue weighted by Gasteiger charge is 2.03. The van der Waals surface area contributed by atoms with E-state index in [1.165, 1.54) is 18.5 Å². The normalized spacial score (nSPS) is 10.8. The Bertz CT molecular complexity index is 659. The average molecular weight is 273 g/mol. The molecule has 0 aliphatic heterocycles. The Labute approximate surface area is 114 Å². The van der Waals surface area contributed by atoms with E-state index in [0.717, 1.165) is 17.7 Å². The van der Waals surface area contributed by atoms with Crippen LogP contribution in [0.5, 0.6) is 0 Å². The molecule has 3 aromatic rings. The molecule has 0 aliphatic rings. The summed E-state index contributed by atoms with van der Waals surface area (Å²) in [5.41, 5.74) is 1.85. The summed E-state index contributed by atoms with van der Waals surface area (Å²) in [5, 5.41) is 19.0. The highest BCUT2D eigenvalue weighted by atomic mass is 19.1. The summed E-state index contributed by atoms with van der Waals surface area (Å²) in [7, 11) is 0. The van der Waals surface area contributed by atoms with Crippen LogP contribution in [0, 0.1) is 5.82 Å². The van der Waals surface area contributed by atoms with E-state index in [1.807, 2.05) is 6.20 Å². The first-order valence-corrected chi connectivity index (χ1v) is 6.14. The van der Waals surface area contributed by atoms with Crippen LogP contribution in [-0.4, -0.2) is 35.2 Å². The van der Waals surface area contributed by atoms with E-state index in [2.05, 4.69) is 25.8 Å². The van der Waals surface area contributed by atoms with E-state index in [4.69, 9.17) is 0 Å². The van der Waals surface area contributed by atoms with Gasteiger partial charge in [0.05, 0.1) is 12.7 Å². The van der Waals surface area contributed by atoms with E-state index >= 15 is 0 Å². The summed E-state index contributed by atoms with van der Waals surface area (Å²) in [6, 6.07) is 6.46. The molecule has 102 valence electrons. The first kappa shape index (κ1) is 12.4. The van der Waals surface area contributed by atoms with Gasteiger partial charge < -0.3 is 0 Å². The fraction of sp³-hybridized carbons (Fsp3) is 0.250. The number of rotatable bonds is 5. The monoisotopic (exact) mass is 273 g/mol. The predicted molar refractivity (Wildman–Crippen MR) is 67.0 cm³/mol. The number of halogens is 1. The number of aromatic nitrogens is 7. The molecule has 8 heteroatoms. The van der Waals surface area contributed by atoms with Crippen molar-refractivity contribution in [3.63, 3.8) is 0 Å². The lowest BCUT2D eigenvalue weighted by atomic mass is 10.1. The van der Waals surface area contributed by atoms with Gasteiger partial charge in [0.2, 0.25) is 0 Å².